The predicted molar refractivity (Wildman–Crippen MR) is 216 cm³/mol. The first-order chi connectivity index (χ1) is 25.8. The van der Waals surface area contributed by atoms with Gasteiger partial charge in [-0.2, -0.15) is 0 Å². The first-order valence-corrected chi connectivity index (χ1v) is 17.4. The summed E-state index contributed by atoms with van der Waals surface area (Å²) in [7, 11) is 23.9. The second-order valence-corrected chi connectivity index (χ2v) is 14.3. The minimum absolute atomic E-state index is 0.493. The highest BCUT2D eigenvalue weighted by Gasteiger charge is 2.30. The van der Waals surface area contributed by atoms with Crippen molar-refractivity contribution in [1.29, 1.82) is 0 Å². The van der Waals surface area contributed by atoms with E-state index in [9.17, 15) is 0 Å². The number of aromatic nitrogens is 10. The molecule has 0 fully saturated rings. The van der Waals surface area contributed by atoms with Crippen molar-refractivity contribution >= 4 is 56.8 Å². The second-order valence-electron chi connectivity index (χ2n) is 14.3. The monoisotopic (exact) mass is 726 g/mol. The van der Waals surface area contributed by atoms with Gasteiger partial charge in [-0.25, -0.2) is 29.9 Å². The normalized spacial score (nSPS) is 12.7. The van der Waals surface area contributed by atoms with E-state index in [0.29, 0.717) is 45.9 Å². The average Bonchev–Trinajstić information content (AvgIpc) is 3.86. The molecule has 2 aliphatic rings. The Bertz CT molecular complexity index is 2290. The fourth-order valence-electron chi connectivity index (χ4n) is 6.92. The van der Waals surface area contributed by atoms with Crippen molar-refractivity contribution in [2.45, 2.75) is 0 Å². The van der Waals surface area contributed by atoms with E-state index in [1.807, 2.05) is 138 Å². The summed E-state index contributed by atoms with van der Waals surface area (Å²) in [6.07, 6.45) is 7.10. The van der Waals surface area contributed by atoms with E-state index in [4.69, 9.17) is 29.9 Å². The van der Waals surface area contributed by atoms with E-state index in [1.54, 1.807) is 24.8 Å². The third-order valence-corrected chi connectivity index (χ3v) is 9.08. The van der Waals surface area contributed by atoms with Gasteiger partial charge in [0.05, 0.1) is 0 Å². The lowest BCUT2D eigenvalue weighted by Crippen LogP contribution is -2.18. The molecule has 0 amide bonds. The van der Waals surface area contributed by atoms with Crippen LogP contribution in [-0.2, 0) is 0 Å². The van der Waals surface area contributed by atoms with Crippen LogP contribution in [0, 0.1) is 0 Å². The van der Waals surface area contributed by atoms with Crippen LogP contribution >= 0.6 is 0 Å². The summed E-state index contributed by atoms with van der Waals surface area (Å²) in [4.78, 5) is 59.4. The van der Waals surface area contributed by atoms with Crippen LogP contribution in [0.15, 0.2) is 49.1 Å². The minimum atomic E-state index is 0.493. The van der Waals surface area contributed by atoms with Crippen molar-refractivity contribution in [1.82, 2.24) is 69.4 Å². The molecule has 16 nitrogen and oxygen atoms in total. The molecular weight excluding hydrogens is 681 g/mol. The van der Waals surface area contributed by atoms with Gasteiger partial charge in [0.25, 0.3) is 0 Å². The van der Waals surface area contributed by atoms with Crippen molar-refractivity contribution < 1.29 is 0 Å². The number of nitrogens with zero attached hydrogens (tertiary/aromatic N) is 14. The first kappa shape index (κ1) is 35.8. The lowest BCUT2D eigenvalue weighted by Gasteiger charge is -2.21. The molecule has 0 spiro atoms. The summed E-state index contributed by atoms with van der Waals surface area (Å²) in [5.74, 6) is 1.99. The lowest BCUT2D eigenvalue weighted by molar-refractivity contribution is 0.553. The topological polar surface area (TPSA) is 154 Å². The highest BCUT2D eigenvalue weighted by molar-refractivity contribution is 6.01. The van der Waals surface area contributed by atoms with Gasteiger partial charge >= 0.3 is 0 Å². The molecule has 7 rings (SSSR count). The molecule has 5 aromatic rings. The zero-order valence-corrected chi connectivity index (χ0v) is 32.9. The molecule has 0 unspecified atom stereocenters. The summed E-state index contributed by atoms with van der Waals surface area (Å²) >= 11 is 0. The SMILES string of the molecule is CN(C)C1=C(N(C)C)c2nc1nc1[nH]c(nc3nc(nc4[nH]c(n2)c(N(C)C)c4N(C)C)C(N(C)C)=C3N(C)C)c(-c2ccncc2)c1-c1ccncc1. The third-order valence-electron chi connectivity index (χ3n) is 9.08. The van der Waals surface area contributed by atoms with Crippen LogP contribution in [0.5, 0.6) is 0 Å². The Labute approximate surface area is 314 Å². The van der Waals surface area contributed by atoms with Gasteiger partial charge in [-0.05, 0) is 35.4 Å². The minimum Gasteiger partial charge on any atom is -0.373 e. The van der Waals surface area contributed by atoms with Crippen molar-refractivity contribution in [2.75, 3.05) is 94.4 Å². The number of aromatic amines is 2. The largest absolute Gasteiger partial charge is 0.373 e. The van der Waals surface area contributed by atoms with E-state index >= 15 is 0 Å². The van der Waals surface area contributed by atoms with Crippen molar-refractivity contribution in [3.63, 3.8) is 0 Å². The quantitative estimate of drug-likeness (QED) is 0.236. The summed E-state index contributed by atoms with van der Waals surface area (Å²) in [5, 5.41) is 0. The first-order valence-electron chi connectivity index (χ1n) is 17.4. The van der Waals surface area contributed by atoms with Gasteiger partial charge in [0.1, 0.15) is 45.5 Å². The molecule has 0 saturated heterocycles. The number of anilines is 2. The Morgan fingerprint density at radius 3 is 0.907 bits per heavy atom. The van der Waals surface area contributed by atoms with Crippen molar-refractivity contribution in [3.05, 3.63) is 72.4 Å². The maximum absolute atomic E-state index is 5.33. The fraction of sp³-hybridized carbons (Fsp3) is 0.316. The van der Waals surface area contributed by atoms with E-state index in [0.717, 1.165) is 56.4 Å². The molecule has 0 saturated carbocycles. The molecule has 0 radical (unpaired) electrons. The lowest BCUT2D eigenvalue weighted by atomic mass is 9.99. The molecule has 8 bridgehead atoms. The number of H-pyrrole nitrogens is 2. The summed E-state index contributed by atoms with van der Waals surface area (Å²) in [6, 6.07) is 7.88. The molecule has 2 aliphatic heterocycles. The summed E-state index contributed by atoms with van der Waals surface area (Å²) in [6.45, 7) is 0. The van der Waals surface area contributed by atoms with E-state index in [1.165, 1.54) is 0 Å². The summed E-state index contributed by atoms with van der Waals surface area (Å²) in [5.41, 5.74) is 10.8. The average molecular weight is 727 g/mol. The van der Waals surface area contributed by atoms with Crippen LogP contribution in [0.2, 0.25) is 0 Å². The molecule has 278 valence electrons. The number of nitrogens with one attached hydrogen (secondary N) is 2. The van der Waals surface area contributed by atoms with Crippen LogP contribution in [0.3, 0.4) is 0 Å². The second kappa shape index (κ2) is 13.8. The van der Waals surface area contributed by atoms with Crippen LogP contribution in [-0.4, -0.2) is 154 Å². The highest BCUT2D eigenvalue weighted by Crippen LogP contribution is 2.41. The van der Waals surface area contributed by atoms with Gasteiger partial charge in [-0.15, -0.1) is 0 Å². The number of hydrogen-bond acceptors (Lipinski definition) is 14. The van der Waals surface area contributed by atoms with Gasteiger partial charge in [-0.1, -0.05) is 0 Å². The van der Waals surface area contributed by atoms with Crippen LogP contribution in [0.4, 0.5) is 11.4 Å². The van der Waals surface area contributed by atoms with E-state index < -0.39 is 0 Å². The molecule has 7 heterocycles. The Hall–Kier alpha value is -6.58. The zero-order chi connectivity index (χ0) is 38.6. The molecular formula is C38H46N16. The van der Waals surface area contributed by atoms with E-state index in [2.05, 4.69) is 19.9 Å². The van der Waals surface area contributed by atoms with Crippen LogP contribution in [0.1, 0.15) is 23.3 Å². The van der Waals surface area contributed by atoms with Gasteiger partial charge in [0.15, 0.2) is 34.6 Å². The maximum atomic E-state index is 5.33. The Balaban J connectivity index is 1.78. The van der Waals surface area contributed by atoms with Crippen LogP contribution < -0.4 is 9.80 Å². The third kappa shape index (κ3) is 6.08. The molecule has 0 aliphatic carbocycles. The number of pyridine rings is 2. The van der Waals surface area contributed by atoms with E-state index in [-0.39, 0.29) is 0 Å². The zero-order valence-electron chi connectivity index (χ0n) is 32.9. The predicted octanol–water partition coefficient (Wildman–Crippen LogP) is 4.05. The van der Waals surface area contributed by atoms with Gasteiger partial charge in [0.2, 0.25) is 0 Å². The van der Waals surface area contributed by atoms with Gasteiger partial charge < -0.3 is 39.4 Å². The molecule has 5 aromatic heterocycles. The number of rotatable bonds is 8. The maximum Gasteiger partial charge on any atom is 0.182 e. The van der Waals surface area contributed by atoms with Crippen LogP contribution in [0.25, 0.3) is 67.6 Å². The fourth-order valence-corrected chi connectivity index (χ4v) is 6.92. The molecule has 0 aromatic carbocycles. The molecule has 0 atom stereocenters. The summed E-state index contributed by atoms with van der Waals surface area (Å²) < 4.78 is 0. The molecule has 16 heteroatoms. The number of hydrogen-bond donors (Lipinski definition) is 2. The Kier molecular flexibility index (Phi) is 9.12. The Morgan fingerprint density at radius 1 is 0.352 bits per heavy atom. The number of fused-ring (bicyclic) bond motifs is 8. The highest BCUT2D eigenvalue weighted by atomic mass is 15.3. The smallest absolute Gasteiger partial charge is 0.182 e. The van der Waals surface area contributed by atoms with Crippen molar-refractivity contribution in [2.24, 2.45) is 0 Å². The molecule has 2 N–H and O–H groups in total. The van der Waals surface area contributed by atoms with Gasteiger partial charge in [-0.3, -0.25) is 9.97 Å². The Morgan fingerprint density at radius 2 is 0.630 bits per heavy atom. The van der Waals surface area contributed by atoms with Crippen molar-refractivity contribution in [3.8, 4) is 22.3 Å². The van der Waals surface area contributed by atoms with Gasteiger partial charge in [0, 0.05) is 120 Å². The standard InChI is InChI=1S/C38H46N16/c1-49(2)25-27(51(5)6)35-44-33(25)42-31-23(21-13-17-39-18-14-21)24(22-15-19-40-20-16-22)32(41-31)43-34-26(50(3)4)28(52(7)8)36(45-34)47-38-30(54(11)12)29(53(9)10)37(46-35)48-38/h13-20H,1-12H3,(H2,41,42,43,44,45,46,47,48). The molecule has 54 heavy (non-hydrogen) atoms.